The van der Waals surface area contributed by atoms with E-state index in [4.69, 9.17) is 4.74 Å². The van der Waals surface area contributed by atoms with E-state index >= 15 is 0 Å². The Morgan fingerprint density at radius 3 is 2.81 bits per heavy atom. The summed E-state index contributed by atoms with van der Waals surface area (Å²) in [6.07, 6.45) is 0.202. The highest BCUT2D eigenvalue weighted by Crippen LogP contribution is 2.29. The highest BCUT2D eigenvalue weighted by atomic mass is 19.1. The van der Waals surface area contributed by atoms with Gasteiger partial charge in [-0.25, -0.2) is 8.78 Å². The first-order valence-corrected chi connectivity index (χ1v) is 6.13. The smallest absolute Gasteiger partial charge is 0.298 e. The number of nitrogens with one attached hydrogen (secondary N) is 2. The molecule has 0 saturated carbocycles. The van der Waals surface area contributed by atoms with Crippen molar-refractivity contribution in [2.75, 3.05) is 19.0 Å². The van der Waals surface area contributed by atoms with Crippen LogP contribution in [-0.4, -0.2) is 36.6 Å². The maximum absolute atomic E-state index is 13.7. The Balaban J connectivity index is 2.19. The van der Waals surface area contributed by atoms with Gasteiger partial charge in [-0.05, 0) is 6.42 Å². The van der Waals surface area contributed by atoms with Crippen molar-refractivity contribution >= 4 is 17.3 Å². The molecule has 0 bridgehead atoms. The number of hydrogen-bond donors (Lipinski definition) is 2. The Kier molecular flexibility index (Phi) is 4.43. The number of carbonyl (C=O) groups excluding carboxylic acids is 1. The first kappa shape index (κ1) is 15.3. The zero-order valence-corrected chi connectivity index (χ0v) is 11.1. The van der Waals surface area contributed by atoms with Crippen LogP contribution in [0, 0.1) is 21.7 Å². The molecule has 1 aliphatic rings. The zero-order valence-electron chi connectivity index (χ0n) is 11.1. The van der Waals surface area contributed by atoms with Crippen LogP contribution in [-0.2, 0) is 9.53 Å². The van der Waals surface area contributed by atoms with Gasteiger partial charge in [0.05, 0.1) is 23.1 Å². The van der Waals surface area contributed by atoms with Crippen LogP contribution in [0.25, 0.3) is 0 Å². The maximum Gasteiger partial charge on any atom is 0.298 e. The summed E-state index contributed by atoms with van der Waals surface area (Å²) >= 11 is 0. The second-order valence-corrected chi connectivity index (χ2v) is 4.58. The van der Waals surface area contributed by atoms with Crippen LogP contribution in [0.3, 0.4) is 0 Å². The molecule has 114 valence electrons. The van der Waals surface area contributed by atoms with Crippen molar-refractivity contribution in [2.45, 2.75) is 18.6 Å². The molecule has 9 heteroatoms. The van der Waals surface area contributed by atoms with Crippen LogP contribution in [0.2, 0.25) is 0 Å². The second-order valence-electron chi connectivity index (χ2n) is 4.58. The van der Waals surface area contributed by atoms with Gasteiger partial charge in [-0.2, -0.15) is 0 Å². The van der Waals surface area contributed by atoms with Crippen molar-refractivity contribution < 1.29 is 23.2 Å². The number of benzene rings is 1. The monoisotopic (exact) mass is 301 g/mol. The van der Waals surface area contributed by atoms with Gasteiger partial charge < -0.3 is 15.4 Å². The van der Waals surface area contributed by atoms with Gasteiger partial charge in [0, 0.05) is 19.7 Å². The summed E-state index contributed by atoms with van der Waals surface area (Å²) in [7, 11) is 1.50. The molecule has 7 nitrogen and oxygen atoms in total. The number of amides is 1. The summed E-state index contributed by atoms with van der Waals surface area (Å²) in [5, 5.41) is 15.8. The number of carbonyl (C=O) groups is 1. The van der Waals surface area contributed by atoms with Gasteiger partial charge in [-0.15, -0.1) is 0 Å². The standard InChI is InChI=1S/C12H13F2N3O4/c1-21-7-4-9(15-5-7)12(18)16-11-8(14)2-6(13)3-10(11)17(19)20/h2-3,7,9,15H,4-5H2,1H3,(H,16,18). The second kappa shape index (κ2) is 6.10. The maximum atomic E-state index is 13.7. The van der Waals surface area contributed by atoms with Crippen LogP contribution in [0.5, 0.6) is 0 Å². The fourth-order valence-electron chi connectivity index (χ4n) is 2.12. The Morgan fingerprint density at radius 2 is 2.24 bits per heavy atom. The van der Waals surface area contributed by atoms with E-state index in [-0.39, 0.29) is 6.10 Å². The fraction of sp³-hybridized carbons (Fsp3) is 0.417. The molecule has 2 unspecified atom stereocenters. The Labute approximate surface area is 118 Å². The molecule has 1 aromatic rings. The van der Waals surface area contributed by atoms with Crippen molar-refractivity contribution in [1.29, 1.82) is 0 Å². The molecule has 0 spiro atoms. The lowest BCUT2D eigenvalue weighted by molar-refractivity contribution is -0.384. The van der Waals surface area contributed by atoms with Gasteiger partial charge in [0.1, 0.15) is 5.82 Å². The lowest BCUT2D eigenvalue weighted by atomic mass is 10.1. The Morgan fingerprint density at radius 1 is 1.52 bits per heavy atom. The van der Waals surface area contributed by atoms with E-state index in [0.717, 1.165) is 0 Å². The van der Waals surface area contributed by atoms with Crippen LogP contribution in [0.1, 0.15) is 6.42 Å². The summed E-state index contributed by atoms with van der Waals surface area (Å²) < 4.78 is 31.7. The molecule has 1 saturated heterocycles. The minimum atomic E-state index is -1.20. The first-order valence-electron chi connectivity index (χ1n) is 6.13. The molecule has 2 rings (SSSR count). The van der Waals surface area contributed by atoms with Gasteiger partial charge >= 0.3 is 0 Å². The van der Waals surface area contributed by atoms with Gasteiger partial charge in [-0.1, -0.05) is 0 Å². The molecule has 1 heterocycles. The molecule has 1 fully saturated rings. The SMILES string of the molecule is COC1CNC(C(=O)Nc2c(F)cc(F)cc2[N+](=O)[O-])C1. The van der Waals surface area contributed by atoms with Crippen LogP contribution in [0.4, 0.5) is 20.2 Å². The summed E-state index contributed by atoms with van der Waals surface area (Å²) in [5.74, 6) is -2.92. The molecule has 0 aliphatic carbocycles. The largest absolute Gasteiger partial charge is 0.380 e. The number of anilines is 1. The highest BCUT2D eigenvalue weighted by molar-refractivity contribution is 5.97. The molecular formula is C12H13F2N3O4. The third kappa shape index (κ3) is 3.31. The molecular weight excluding hydrogens is 288 g/mol. The fourth-order valence-corrected chi connectivity index (χ4v) is 2.12. The van der Waals surface area contributed by atoms with Crippen LogP contribution < -0.4 is 10.6 Å². The first-order chi connectivity index (χ1) is 9.92. The summed E-state index contributed by atoms with van der Waals surface area (Å²) in [6, 6.07) is 0.375. The number of hydrogen-bond acceptors (Lipinski definition) is 5. The van der Waals surface area contributed by atoms with Crippen LogP contribution >= 0.6 is 0 Å². The molecule has 21 heavy (non-hydrogen) atoms. The number of nitro groups is 1. The third-order valence-electron chi connectivity index (χ3n) is 3.22. The van der Waals surface area contributed by atoms with Gasteiger partial charge in [0.15, 0.2) is 11.5 Å². The molecule has 1 aromatic carbocycles. The average molecular weight is 301 g/mol. The van der Waals surface area contributed by atoms with Crippen molar-refractivity contribution in [3.05, 3.63) is 33.9 Å². The lowest BCUT2D eigenvalue weighted by Gasteiger charge is -2.12. The number of nitro benzene ring substituents is 1. The van der Waals surface area contributed by atoms with Gasteiger partial charge in [0.2, 0.25) is 5.91 Å². The molecule has 1 amide bonds. The van der Waals surface area contributed by atoms with E-state index < -0.39 is 39.9 Å². The van der Waals surface area contributed by atoms with Crippen LogP contribution in [0.15, 0.2) is 12.1 Å². The molecule has 1 aliphatic heterocycles. The predicted octanol–water partition coefficient (Wildman–Crippen LogP) is 1.19. The number of rotatable bonds is 4. The Hall–Kier alpha value is -2.13. The summed E-state index contributed by atoms with van der Waals surface area (Å²) in [5.41, 5.74) is -1.48. The highest BCUT2D eigenvalue weighted by Gasteiger charge is 2.31. The van der Waals surface area contributed by atoms with Gasteiger partial charge in [-0.3, -0.25) is 14.9 Å². The summed E-state index contributed by atoms with van der Waals surface area (Å²) in [4.78, 5) is 21.8. The van der Waals surface area contributed by atoms with E-state index in [2.05, 4.69) is 10.6 Å². The van der Waals surface area contributed by atoms with Crippen molar-refractivity contribution in [3.8, 4) is 0 Å². The van der Waals surface area contributed by atoms with E-state index in [1.54, 1.807) is 0 Å². The lowest BCUT2D eigenvalue weighted by Crippen LogP contribution is -2.35. The summed E-state index contributed by atoms with van der Waals surface area (Å²) in [6.45, 7) is 0.447. The van der Waals surface area contributed by atoms with Gasteiger partial charge in [0.25, 0.3) is 5.69 Å². The third-order valence-corrected chi connectivity index (χ3v) is 3.22. The normalized spacial score (nSPS) is 21.3. The van der Waals surface area contributed by atoms with E-state index in [9.17, 15) is 23.7 Å². The van der Waals surface area contributed by atoms with E-state index in [0.29, 0.717) is 25.1 Å². The average Bonchev–Trinajstić information content (AvgIpc) is 2.90. The zero-order chi connectivity index (χ0) is 15.6. The predicted molar refractivity (Wildman–Crippen MR) is 68.8 cm³/mol. The number of methoxy groups -OCH3 is 1. The number of nitrogens with zero attached hydrogens (tertiary/aromatic N) is 1. The van der Waals surface area contributed by atoms with Crippen molar-refractivity contribution in [1.82, 2.24) is 5.32 Å². The number of ether oxygens (including phenoxy) is 1. The van der Waals surface area contributed by atoms with E-state index in [1.165, 1.54) is 7.11 Å². The minimum Gasteiger partial charge on any atom is -0.380 e. The molecule has 2 N–H and O–H groups in total. The van der Waals surface area contributed by atoms with Crippen molar-refractivity contribution in [3.63, 3.8) is 0 Å². The van der Waals surface area contributed by atoms with Crippen molar-refractivity contribution in [2.24, 2.45) is 0 Å². The van der Waals surface area contributed by atoms with E-state index in [1.807, 2.05) is 0 Å². The minimum absolute atomic E-state index is 0.159. The topological polar surface area (TPSA) is 93.5 Å². The molecule has 2 atom stereocenters. The molecule has 0 radical (unpaired) electrons. The number of halogens is 2. The molecule has 0 aromatic heterocycles. The Bertz CT molecular complexity index is 582. The quantitative estimate of drug-likeness (QED) is 0.643.